The molecular formula is C22H25N3O6. The summed E-state index contributed by atoms with van der Waals surface area (Å²) in [5.41, 5.74) is 1.85. The smallest absolute Gasteiger partial charge is 0.326 e. The van der Waals surface area contributed by atoms with Crippen LogP contribution in [0.15, 0.2) is 36.4 Å². The van der Waals surface area contributed by atoms with Gasteiger partial charge in [-0.25, -0.2) is 4.98 Å². The van der Waals surface area contributed by atoms with Crippen LogP contribution in [0.5, 0.6) is 17.2 Å². The van der Waals surface area contributed by atoms with Gasteiger partial charge >= 0.3 is 5.97 Å². The lowest BCUT2D eigenvalue weighted by Crippen LogP contribution is -2.26. The quantitative estimate of drug-likeness (QED) is 0.524. The van der Waals surface area contributed by atoms with Gasteiger partial charge in [-0.1, -0.05) is 12.1 Å². The fourth-order valence-electron chi connectivity index (χ4n) is 3.25. The molecule has 164 valence electrons. The Bertz CT molecular complexity index is 1070. The highest BCUT2D eigenvalue weighted by Gasteiger charge is 2.19. The molecule has 0 saturated carbocycles. The molecule has 0 fully saturated rings. The summed E-state index contributed by atoms with van der Waals surface area (Å²) in [6.07, 6.45) is 0. The highest BCUT2D eigenvalue weighted by Crippen LogP contribution is 2.38. The molecular weight excluding hydrogens is 402 g/mol. The van der Waals surface area contributed by atoms with Gasteiger partial charge in [-0.3, -0.25) is 9.59 Å². The van der Waals surface area contributed by atoms with Crippen LogP contribution >= 0.6 is 0 Å². The van der Waals surface area contributed by atoms with E-state index in [1.54, 1.807) is 23.6 Å². The summed E-state index contributed by atoms with van der Waals surface area (Å²) < 4.78 is 22.7. The fourth-order valence-corrected chi connectivity index (χ4v) is 3.25. The number of rotatable bonds is 9. The van der Waals surface area contributed by atoms with Crippen LogP contribution in [0.1, 0.15) is 23.1 Å². The molecule has 0 unspecified atom stereocenters. The summed E-state index contributed by atoms with van der Waals surface area (Å²) in [4.78, 5) is 29.4. The number of carbonyl (C=O) groups excluding carboxylic acids is 2. The van der Waals surface area contributed by atoms with E-state index in [4.69, 9.17) is 18.9 Å². The minimum absolute atomic E-state index is 0.00371. The Kier molecular flexibility index (Phi) is 6.96. The summed E-state index contributed by atoms with van der Waals surface area (Å²) in [5, 5.41) is 2.84. The number of hydrogen-bond acceptors (Lipinski definition) is 7. The number of hydrogen-bond donors (Lipinski definition) is 1. The number of esters is 1. The number of amides is 1. The van der Waals surface area contributed by atoms with Crippen LogP contribution in [0.25, 0.3) is 11.0 Å². The number of aromatic nitrogens is 2. The average Bonchev–Trinajstić information content (AvgIpc) is 3.13. The average molecular weight is 427 g/mol. The van der Waals surface area contributed by atoms with Crippen LogP contribution in [-0.2, 0) is 22.6 Å². The predicted octanol–water partition coefficient (Wildman–Crippen LogP) is 2.56. The second-order valence-electron chi connectivity index (χ2n) is 6.50. The van der Waals surface area contributed by atoms with Crippen LogP contribution < -0.4 is 19.5 Å². The molecule has 0 spiro atoms. The van der Waals surface area contributed by atoms with E-state index in [0.717, 1.165) is 11.0 Å². The third-order valence-corrected chi connectivity index (χ3v) is 4.66. The molecule has 2 aromatic carbocycles. The molecule has 1 N–H and O–H groups in total. The van der Waals surface area contributed by atoms with Crippen LogP contribution in [0.2, 0.25) is 0 Å². The summed E-state index contributed by atoms with van der Waals surface area (Å²) in [5.74, 6) is 0.966. The van der Waals surface area contributed by atoms with E-state index < -0.39 is 0 Å². The first-order chi connectivity index (χ1) is 15.0. The van der Waals surface area contributed by atoms with E-state index >= 15 is 0 Å². The molecule has 0 aliphatic heterocycles. The van der Waals surface area contributed by atoms with Gasteiger partial charge in [0.05, 0.1) is 45.5 Å². The third-order valence-electron chi connectivity index (χ3n) is 4.66. The molecule has 1 amide bonds. The topological polar surface area (TPSA) is 101 Å². The number of methoxy groups -OCH3 is 3. The Morgan fingerprint density at radius 3 is 2.32 bits per heavy atom. The number of nitrogens with one attached hydrogen (secondary N) is 1. The zero-order valence-corrected chi connectivity index (χ0v) is 17.9. The lowest BCUT2D eigenvalue weighted by Gasteiger charge is -2.14. The molecule has 3 aromatic rings. The number of ether oxygens (including phenoxy) is 4. The van der Waals surface area contributed by atoms with Crippen LogP contribution in [0.3, 0.4) is 0 Å². The largest absolute Gasteiger partial charge is 0.493 e. The van der Waals surface area contributed by atoms with Crippen molar-refractivity contribution < 1.29 is 28.5 Å². The first-order valence-corrected chi connectivity index (χ1v) is 9.70. The Balaban J connectivity index is 1.85. The van der Waals surface area contributed by atoms with Gasteiger partial charge in [0.2, 0.25) is 5.75 Å². The summed E-state index contributed by atoms with van der Waals surface area (Å²) in [6.45, 7) is 2.16. The van der Waals surface area contributed by atoms with Crippen molar-refractivity contribution in [2.45, 2.75) is 20.0 Å². The Morgan fingerprint density at radius 2 is 1.71 bits per heavy atom. The normalized spacial score (nSPS) is 10.6. The Labute approximate surface area is 179 Å². The van der Waals surface area contributed by atoms with Crippen molar-refractivity contribution in [3.63, 3.8) is 0 Å². The van der Waals surface area contributed by atoms with Gasteiger partial charge in [-0.15, -0.1) is 0 Å². The van der Waals surface area contributed by atoms with Gasteiger partial charge in [-0.2, -0.15) is 0 Å². The van der Waals surface area contributed by atoms with Crippen molar-refractivity contribution in [1.82, 2.24) is 14.9 Å². The zero-order valence-electron chi connectivity index (χ0n) is 17.9. The molecule has 31 heavy (non-hydrogen) atoms. The highest BCUT2D eigenvalue weighted by atomic mass is 16.5. The van der Waals surface area contributed by atoms with E-state index in [9.17, 15) is 9.59 Å². The van der Waals surface area contributed by atoms with Gasteiger partial charge in [0, 0.05) is 5.56 Å². The molecule has 0 aliphatic carbocycles. The second-order valence-corrected chi connectivity index (χ2v) is 6.50. The van der Waals surface area contributed by atoms with Gasteiger partial charge in [-0.05, 0) is 31.2 Å². The molecule has 0 bridgehead atoms. The van der Waals surface area contributed by atoms with Gasteiger partial charge in [0.25, 0.3) is 5.91 Å². The van der Waals surface area contributed by atoms with E-state index in [-0.39, 0.29) is 25.0 Å². The molecule has 0 aliphatic rings. The number of nitrogens with zero attached hydrogens (tertiary/aromatic N) is 2. The maximum Gasteiger partial charge on any atom is 0.326 e. The van der Waals surface area contributed by atoms with Crippen molar-refractivity contribution in [3.05, 3.63) is 47.8 Å². The SMILES string of the molecule is CCOC(=O)Cn1c(CNC(=O)c2cc(OC)c(OC)c(OC)c2)nc2ccccc21. The van der Waals surface area contributed by atoms with E-state index in [2.05, 4.69) is 10.3 Å². The molecule has 0 saturated heterocycles. The summed E-state index contributed by atoms with van der Waals surface area (Å²) in [6, 6.07) is 10.6. The maximum absolute atomic E-state index is 12.8. The third kappa shape index (κ3) is 4.71. The first kappa shape index (κ1) is 21.9. The van der Waals surface area contributed by atoms with Gasteiger partial charge in [0.1, 0.15) is 12.4 Å². The van der Waals surface area contributed by atoms with E-state index in [1.165, 1.54) is 21.3 Å². The van der Waals surface area contributed by atoms with E-state index in [1.807, 2.05) is 24.3 Å². The van der Waals surface area contributed by atoms with Crippen molar-refractivity contribution in [3.8, 4) is 17.2 Å². The van der Waals surface area contributed by atoms with Gasteiger partial charge in [0.15, 0.2) is 11.5 Å². The molecule has 0 atom stereocenters. The standard InChI is InChI=1S/C22H25N3O6/c1-5-31-20(26)13-25-16-9-7-6-8-15(16)24-19(25)12-23-22(27)14-10-17(28-2)21(30-4)18(11-14)29-3/h6-11H,5,12-13H2,1-4H3,(H,23,27). The number of fused-ring (bicyclic) bond motifs is 1. The summed E-state index contributed by atoms with van der Waals surface area (Å²) >= 11 is 0. The highest BCUT2D eigenvalue weighted by molar-refractivity contribution is 5.95. The molecule has 1 heterocycles. The fraction of sp³-hybridized carbons (Fsp3) is 0.318. The Hall–Kier alpha value is -3.75. The first-order valence-electron chi connectivity index (χ1n) is 9.70. The van der Waals surface area contributed by atoms with Crippen molar-refractivity contribution in [1.29, 1.82) is 0 Å². The van der Waals surface area contributed by atoms with Crippen LogP contribution in [0, 0.1) is 0 Å². The minimum Gasteiger partial charge on any atom is -0.493 e. The monoisotopic (exact) mass is 427 g/mol. The van der Waals surface area contributed by atoms with Crippen molar-refractivity contribution in [2.75, 3.05) is 27.9 Å². The number of carbonyl (C=O) groups is 2. The molecule has 9 heteroatoms. The molecule has 0 radical (unpaired) electrons. The predicted molar refractivity (Wildman–Crippen MR) is 114 cm³/mol. The van der Waals surface area contributed by atoms with Crippen LogP contribution in [-0.4, -0.2) is 49.4 Å². The maximum atomic E-state index is 12.8. The lowest BCUT2D eigenvalue weighted by molar-refractivity contribution is -0.143. The zero-order chi connectivity index (χ0) is 22.4. The van der Waals surface area contributed by atoms with Crippen molar-refractivity contribution >= 4 is 22.9 Å². The minimum atomic E-state index is -0.372. The van der Waals surface area contributed by atoms with E-state index in [0.29, 0.717) is 35.2 Å². The molecule has 3 rings (SSSR count). The summed E-state index contributed by atoms with van der Waals surface area (Å²) in [7, 11) is 4.46. The molecule has 1 aromatic heterocycles. The number of benzene rings is 2. The molecule has 9 nitrogen and oxygen atoms in total. The number of imidazole rings is 1. The number of para-hydroxylation sites is 2. The second kappa shape index (κ2) is 9.84. The van der Waals surface area contributed by atoms with Gasteiger partial charge < -0.3 is 28.8 Å². The lowest BCUT2D eigenvalue weighted by atomic mass is 10.1. The Morgan fingerprint density at radius 1 is 1.03 bits per heavy atom. The van der Waals surface area contributed by atoms with Crippen molar-refractivity contribution in [2.24, 2.45) is 0 Å². The van der Waals surface area contributed by atoms with Crippen LogP contribution in [0.4, 0.5) is 0 Å².